The van der Waals surface area contributed by atoms with E-state index in [9.17, 15) is 0 Å². The monoisotopic (exact) mass is 334 g/mol. The van der Waals surface area contributed by atoms with Gasteiger partial charge in [0.25, 0.3) is 0 Å². The van der Waals surface area contributed by atoms with E-state index < -0.39 is 0 Å². The number of aromatic nitrogens is 2. The highest BCUT2D eigenvalue weighted by atomic mass is 35.5. The lowest BCUT2D eigenvalue weighted by molar-refractivity contribution is 0.394. The highest BCUT2D eigenvalue weighted by Crippen LogP contribution is 2.19. The number of nitrogens with one attached hydrogen (secondary N) is 1. The van der Waals surface area contributed by atoms with Crippen LogP contribution in [0, 0.1) is 13.8 Å². The van der Waals surface area contributed by atoms with Crippen LogP contribution in [0.1, 0.15) is 28.9 Å². The number of aryl methyl sites for hydroxylation is 1. The van der Waals surface area contributed by atoms with Crippen LogP contribution >= 0.6 is 11.6 Å². The van der Waals surface area contributed by atoms with E-state index in [0.29, 0.717) is 6.54 Å². The molecular formula is C18H27ClN4. The van der Waals surface area contributed by atoms with Gasteiger partial charge in [-0.1, -0.05) is 29.8 Å². The van der Waals surface area contributed by atoms with Gasteiger partial charge in [0, 0.05) is 22.8 Å². The predicted octanol–water partition coefficient (Wildman–Crippen LogP) is 3.24. The third-order valence-electron chi connectivity index (χ3n) is 4.07. The van der Waals surface area contributed by atoms with Crippen molar-refractivity contribution in [1.82, 2.24) is 20.0 Å². The first kappa shape index (κ1) is 18.0. The number of hydrogen-bond donors (Lipinski definition) is 1. The van der Waals surface area contributed by atoms with Crippen LogP contribution in [0.15, 0.2) is 24.3 Å². The lowest BCUT2D eigenvalue weighted by Crippen LogP contribution is -2.21. The Balaban J connectivity index is 1.98. The molecule has 23 heavy (non-hydrogen) atoms. The second-order valence-corrected chi connectivity index (χ2v) is 6.64. The van der Waals surface area contributed by atoms with Crippen LogP contribution in [0.4, 0.5) is 0 Å². The Labute approximate surface area is 144 Å². The number of benzene rings is 1. The molecule has 1 aromatic heterocycles. The van der Waals surface area contributed by atoms with Crippen LogP contribution in [-0.4, -0.2) is 41.9 Å². The standard InChI is InChI=1S/C18H27ClN4/c1-14-17(12-20-10-7-11-22(3)4)15(2)23(21-14)13-16-8-5-6-9-18(16)19/h5-6,8-9,20H,7,10-13H2,1-4H3. The third-order valence-corrected chi connectivity index (χ3v) is 4.44. The van der Waals surface area contributed by atoms with E-state index in [2.05, 4.69) is 49.3 Å². The molecular weight excluding hydrogens is 308 g/mol. The van der Waals surface area contributed by atoms with Crippen molar-refractivity contribution in [1.29, 1.82) is 0 Å². The summed E-state index contributed by atoms with van der Waals surface area (Å²) in [6.07, 6.45) is 1.15. The summed E-state index contributed by atoms with van der Waals surface area (Å²) in [6, 6.07) is 7.95. The molecule has 5 heteroatoms. The van der Waals surface area contributed by atoms with Crippen molar-refractivity contribution in [3.05, 3.63) is 51.8 Å². The summed E-state index contributed by atoms with van der Waals surface area (Å²) in [6.45, 7) is 7.92. The minimum atomic E-state index is 0.715. The molecule has 0 aliphatic rings. The Morgan fingerprint density at radius 1 is 1.22 bits per heavy atom. The van der Waals surface area contributed by atoms with Gasteiger partial charge in [-0.3, -0.25) is 4.68 Å². The number of rotatable bonds is 8. The zero-order chi connectivity index (χ0) is 16.8. The number of hydrogen-bond acceptors (Lipinski definition) is 3. The van der Waals surface area contributed by atoms with Gasteiger partial charge in [-0.25, -0.2) is 0 Å². The van der Waals surface area contributed by atoms with E-state index in [1.54, 1.807) is 0 Å². The van der Waals surface area contributed by atoms with Gasteiger partial charge in [-0.05, 0) is 59.1 Å². The van der Waals surface area contributed by atoms with Crippen molar-refractivity contribution in [2.75, 3.05) is 27.2 Å². The molecule has 0 saturated carbocycles. The molecule has 0 atom stereocenters. The topological polar surface area (TPSA) is 33.1 Å². The normalized spacial score (nSPS) is 11.4. The average Bonchev–Trinajstić information content (AvgIpc) is 2.76. The summed E-state index contributed by atoms with van der Waals surface area (Å²) in [5, 5.41) is 9.00. The van der Waals surface area contributed by atoms with Crippen LogP contribution in [0.3, 0.4) is 0 Å². The minimum absolute atomic E-state index is 0.715. The Kier molecular flexibility index (Phi) is 6.63. The first-order valence-electron chi connectivity index (χ1n) is 8.10. The fourth-order valence-electron chi connectivity index (χ4n) is 2.67. The lowest BCUT2D eigenvalue weighted by Gasteiger charge is -2.10. The van der Waals surface area contributed by atoms with Gasteiger partial charge < -0.3 is 10.2 Å². The van der Waals surface area contributed by atoms with Gasteiger partial charge in [0.15, 0.2) is 0 Å². The van der Waals surface area contributed by atoms with E-state index in [-0.39, 0.29) is 0 Å². The summed E-state index contributed by atoms with van der Waals surface area (Å²) >= 11 is 6.26. The van der Waals surface area contributed by atoms with Crippen LogP contribution in [0.2, 0.25) is 5.02 Å². The molecule has 0 radical (unpaired) electrons. The smallest absolute Gasteiger partial charge is 0.0677 e. The predicted molar refractivity (Wildman–Crippen MR) is 97.1 cm³/mol. The fourth-order valence-corrected chi connectivity index (χ4v) is 2.86. The van der Waals surface area contributed by atoms with Gasteiger partial charge in [0.2, 0.25) is 0 Å². The number of nitrogens with zero attached hydrogens (tertiary/aromatic N) is 3. The van der Waals surface area contributed by atoms with Crippen molar-refractivity contribution in [2.45, 2.75) is 33.4 Å². The SMILES string of the molecule is Cc1nn(Cc2ccccc2Cl)c(C)c1CNCCCN(C)C. The van der Waals surface area contributed by atoms with Crippen LogP contribution in [0.5, 0.6) is 0 Å². The summed E-state index contributed by atoms with van der Waals surface area (Å²) in [5.74, 6) is 0. The number of halogens is 1. The van der Waals surface area contributed by atoms with E-state index in [1.807, 2.05) is 22.9 Å². The van der Waals surface area contributed by atoms with E-state index in [0.717, 1.165) is 42.3 Å². The van der Waals surface area contributed by atoms with Crippen LogP contribution in [0.25, 0.3) is 0 Å². The quantitative estimate of drug-likeness (QED) is 0.752. The van der Waals surface area contributed by atoms with E-state index in [1.165, 1.54) is 11.3 Å². The second-order valence-electron chi connectivity index (χ2n) is 6.23. The van der Waals surface area contributed by atoms with Gasteiger partial charge in [0.05, 0.1) is 12.2 Å². The molecule has 2 aromatic rings. The molecule has 2 rings (SSSR count). The molecule has 0 aliphatic carbocycles. The average molecular weight is 335 g/mol. The maximum absolute atomic E-state index is 6.26. The highest BCUT2D eigenvalue weighted by molar-refractivity contribution is 6.31. The van der Waals surface area contributed by atoms with Crippen LogP contribution in [-0.2, 0) is 13.1 Å². The first-order chi connectivity index (χ1) is 11.0. The van der Waals surface area contributed by atoms with Gasteiger partial charge in [-0.15, -0.1) is 0 Å². The molecule has 0 saturated heterocycles. The maximum atomic E-state index is 6.26. The minimum Gasteiger partial charge on any atom is -0.312 e. The van der Waals surface area contributed by atoms with Crippen molar-refractivity contribution >= 4 is 11.6 Å². The molecule has 0 spiro atoms. The van der Waals surface area contributed by atoms with E-state index >= 15 is 0 Å². The Hall–Kier alpha value is -1.36. The van der Waals surface area contributed by atoms with Crippen molar-refractivity contribution in [3.63, 3.8) is 0 Å². The molecule has 4 nitrogen and oxygen atoms in total. The third kappa shape index (κ3) is 5.06. The lowest BCUT2D eigenvalue weighted by atomic mass is 10.2. The van der Waals surface area contributed by atoms with E-state index in [4.69, 9.17) is 11.6 Å². The summed E-state index contributed by atoms with van der Waals surface area (Å²) in [7, 11) is 4.21. The molecule has 126 valence electrons. The molecule has 0 unspecified atom stereocenters. The molecule has 0 fully saturated rings. The molecule has 1 N–H and O–H groups in total. The van der Waals surface area contributed by atoms with Crippen molar-refractivity contribution in [2.24, 2.45) is 0 Å². The maximum Gasteiger partial charge on any atom is 0.0677 e. The summed E-state index contributed by atoms with van der Waals surface area (Å²) in [5.41, 5.74) is 4.70. The summed E-state index contributed by atoms with van der Waals surface area (Å²) in [4.78, 5) is 2.21. The fraction of sp³-hybridized carbons (Fsp3) is 0.500. The van der Waals surface area contributed by atoms with Gasteiger partial charge in [0.1, 0.15) is 0 Å². The molecule has 1 heterocycles. The van der Waals surface area contributed by atoms with Crippen molar-refractivity contribution in [3.8, 4) is 0 Å². The summed E-state index contributed by atoms with van der Waals surface area (Å²) < 4.78 is 2.05. The van der Waals surface area contributed by atoms with Crippen molar-refractivity contribution < 1.29 is 0 Å². The molecule has 0 bridgehead atoms. The highest BCUT2D eigenvalue weighted by Gasteiger charge is 2.12. The Bertz CT molecular complexity index is 634. The zero-order valence-corrected chi connectivity index (χ0v) is 15.3. The molecule has 0 aliphatic heterocycles. The molecule has 1 aromatic carbocycles. The first-order valence-corrected chi connectivity index (χ1v) is 8.48. The Morgan fingerprint density at radius 3 is 2.65 bits per heavy atom. The van der Waals surface area contributed by atoms with Gasteiger partial charge >= 0.3 is 0 Å². The zero-order valence-electron chi connectivity index (χ0n) is 14.6. The van der Waals surface area contributed by atoms with Gasteiger partial charge in [-0.2, -0.15) is 5.10 Å². The molecule has 0 amide bonds. The van der Waals surface area contributed by atoms with Crippen LogP contribution < -0.4 is 5.32 Å². The second kappa shape index (κ2) is 8.48. The largest absolute Gasteiger partial charge is 0.312 e. The Morgan fingerprint density at radius 2 is 1.96 bits per heavy atom.